The minimum absolute atomic E-state index is 0.745. The molecule has 0 saturated carbocycles. The second-order valence-corrected chi connectivity index (χ2v) is 8.83. The zero-order valence-electron chi connectivity index (χ0n) is 16.3. The molecule has 0 atom stereocenters. The molecule has 1 aromatic heterocycles. The van der Waals surface area contributed by atoms with E-state index in [1.165, 1.54) is 27.1 Å². The summed E-state index contributed by atoms with van der Waals surface area (Å²) in [7, 11) is -1.16. The smallest absolute Gasteiger partial charge is 0.221 e. The number of hydrogen-bond acceptors (Lipinski definition) is 2. The Morgan fingerprint density at radius 1 is 0.500 bits per heavy atom. The highest BCUT2D eigenvalue weighted by molar-refractivity contribution is 7.36. The van der Waals surface area contributed by atoms with Crippen molar-refractivity contribution in [1.29, 1.82) is 0 Å². The van der Waals surface area contributed by atoms with Gasteiger partial charge < -0.3 is 8.39 Å². The predicted octanol–water partition coefficient (Wildman–Crippen LogP) is 8.64. The normalized spacial score (nSPS) is 11.5. The van der Waals surface area contributed by atoms with Crippen molar-refractivity contribution in [3.63, 3.8) is 0 Å². The summed E-state index contributed by atoms with van der Waals surface area (Å²) in [6.07, 6.45) is 0.745. The molecule has 0 N–H and O–H groups in total. The van der Waals surface area contributed by atoms with Gasteiger partial charge in [-0.2, -0.15) is 0 Å². The minimum Gasteiger partial charge on any atom is -0.419 e. The first-order valence-corrected chi connectivity index (χ1v) is 11.4. The van der Waals surface area contributed by atoms with E-state index in [1.54, 1.807) is 0 Å². The average Bonchev–Trinajstić information content (AvgIpc) is 2.96. The number of fused-ring (bicyclic) bond motifs is 7. The van der Waals surface area contributed by atoms with E-state index < -0.39 is 8.01 Å². The molecule has 30 heavy (non-hydrogen) atoms. The van der Waals surface area contributed by atoms with Crippen LogP contribution >= 0.6 is 8.01 Å². The number of rotatable bonds is 2. The van der Waals surface area contributed by atoms with Crippen molar-refractivity contribution in [1.82, 2.24) is 0 Å². The van der Waals surface area contributed by atoms with Crippen LogP contribution in [0.2, 0.25) is 0 Å². The Hall–Kier alpha value is -3.48. The Balaban J connectivity index is 1.81. The summed E-state index contributed by atoms with van der Waals surface area (Å²) in [4.78, 5) is 0. The second kappa shape index (κ2) is 7.09. The van der Waals surface area contributed by atoms with Crippen LogP contribution < -0.4 is 0 Å². The van der Waals surface area contributed by atoms with Crippen LogP contribution in [0.4, 0.5) is 0 Å². The highest BCUT2D eigenvalue weighted by atomic mass is 31.1. The molecule has 0 spiro atoms. The third-order valence-corrected chi connectivity index (χ3v) is 7.01. The summed E-state index contributed by atoms with van der Waals surface area (Å²) in [5.74, 6) is 0. The second-order valence-electron chi connectivity index (χ2n) is 7.48. The fourth-order valence-electron chi connectivity index (χ4n) is 4.21. The first kappa shape index (κ1) is 17.4. The van der Waals surface area contributed by atoms with E-state index in [0.717, 1.165) is 28.1 Å². The van der Waals surface area contributed by atoms with Crippen LogP contribution in [0.5, 0.6) is 0 Å². The van der Waals surface area contributed by atoms with E-state index in [2.05, 4.69) is 97.1 Å². The summed E-state index contributed by atoms with van der Waals surface area (Å²) < 4.78 is 13.1. The molecular weight excluding hydrogens is 387 g/mol. The lowest BCUT2D eigenvalue weighted by Gasteiger charge is -2.05. The maximum Gasteiger partial charge on any atom is 0.221 e. The van der Waals surface area contributed by atoms with Crippen LogP contribution in [0.3, 0.4) is 0 Å². The molecule has 0 fully saturated rings. The first-order chi connectivity index (χ1) is 14.9. The van der Waals surface area contributed by atoms with E-state index in [9.17, 15) is 0 Å². The molecule has 1 heterocycles. The van der Waals surface area contributed by atoms with Gasteiger partial charge in [0, 0.05) is 10.8 Å². The molecule has 3 heteroatoms. The lowest BCUT2D eigenvalue weighted by Crippen LogP contribution is -1.79. The number of hydrogen-bond donors (Lipinski definition) is 0. The largest absolute Gasteiger partial charge is 0.419 e. The Labute approximate surface area is 174 Å². The zero-order chi connectivity index (χ0) is 19.9. The summed E-state index contributed by atoms with van der Waals surface area (Å²) in [5, 5.41) is 7.03. The van der Waals surface area contributed by atoms with Crippen LogP contribution in [0.15, 0.2) is 112 Å². The zero-order valence-corrected chi connectivity index (χ0v) is 17.2. The highest BCUT2D eigenvalue weighted by Gasteiger charge is 2.12. The van der Waals surface area contributed by atoms with Gasteiger partial charge in [0.15, 0.2) is 0 Å². The molecule has 2 nitrogen and oxygen atoms in total. The molecule has 0 aliphatic carbocycles. The quantitative estimate of drug-likeness (QED) is 0.288. The van der Waals surface area contributed by atoms with Gasteiger partial charge >= 0.3 is 0 Å². The van der Waals surface area contributed by atoms with Crippen molar-refractivity contribution in [2.75, 3.05) is 0 Å². The van der Waals surface area contributed by atoms with Crippen LogP contribution in [-0.4, -0.2) is 0 Å². The molecule has 0 saturated heterocycles. The molecule has 0 aliphatic heterocycles. The van der Waals surface area contributed by atoms with Crippen LogP contribution in [-0.2, 0) is 6.16 Å². The van der Waals surface area contributed by atoms with Gasteiger partial charge in [-0.05, 0) is 39.2 Å². The molecule has 0 aliphatic rings. The van der Waals surface area contributed by atoms with Crippen molar-refractivity contribution < 1.29 is 8.39 Å². The maximum atomic E-state index is 6.54. The molecular formula is C27H19O2P. The van der Waals surface area contributed by atoms with Gasteiger partial charge in [0.05, 0.1) is 6.16 Å². The Morgan fingerprint density at radius 2 is 1.00 bits per heavy atom. The van der Waals surface area contributed by atoms with Crippen LogP contribution in [0.1, 0.15) is 5.56 Å². The van der Waals surface area contributed by atoms with E-state index in [4.69, 9.17) is 8.39 Å². The molecule has 5 aromatic carbocycles. The summed E-state index contributed by atoms with van der Waals surface area (Å²) in [5.41, 5.74) is 3.01. The number of benzene rings is 5. The topological polar surface area (TPSA) is 26.3 Å². The molecule has 6 aromatic rings. The standard InChI is InChI=1S/C27H19O2P/c1-2-8-19(9-3-1)18-30-28-24-16-14-20-10-4-6-12-22(20)26(24)27-23-13-7-5-11-21(23)15-17-25(27)29-30/h1-17H,18H2. The molecule has 0 bridgehead atoms. The molecule has 0 amide bonds. The average molecular weight is 406 g/mol. The Bertz CT molecular complexity index is 1470. The van der Waals surface area contributed by atoms with E-state index in [-0.39, 0.29) is 0 Å². The predicted molar refractivity (Wildman–Crippen MR) is 127 cm³/mol. The van der Waals surface area contributed by atoms with Crippen molar-refractivity contribution in [2.45, 2.75) is 6.16 Å². The van der Waals surface area contributed by atoms with E-state index in [0.29, 0.717) is 0 Å². The third kappa shape index (κ3) is 2.89. The lowest BCUT2D eigenvalue weighted by molar-refractivity contribution is 0.639. The van der Waals surface area contributed by atoms with Crippen LogP contribution in [0, 0.1) is 0 Å². The van der Waals surface area contributed by atoms with Gasteiger partial charge in [-0.25, -0.2) is 0 Å². The van der Waals surface area contributed by atoms with Crippen molar-refractivity contribution in [3.05, 3.63) is 109 Å². The SMILES string of the molecule is c1ccc(Cp2oc3ccc4ccccc4c3c3c(ccc4ccccc43)o2)cc1. The van der Waals surface area contributed by atoms with Gasteiger partial charge in [0.1, 0.15) is 11.2 Å². The molecule has 0 unspecified atom stereocenters. The van der Waals surface area contributed by atoms with Gasteiger partial charge in [0.2, 0.25) is 8.01 Å². The minimum atomic E-state index is -1.16. The Kier molecular flexibility index (Phi) is 4.11. The van der Waals surface area contributed by atoms with Crippen molar-refractivity contribution >= 4 is 51.5 Å². The molecule has 0 radical (unpaired) electrons. The highest BCUT2D eigenvalue weighted by Crippen LogP contribution is 2.42. The van der Waals surface area contributed by atoms with Gasteiger partial charge in [-0.15, -0.1) is 0 Å². The van der Waals surface area contributed by atoms with E-state index >= 15 is 0 Å². The van der Waals surface area contributed by atoms with Gasteiger partial charge in [-0.3, -0.25) is 0 Å². The van der Waals surface area contributed by atoms with Gasteiger partial charge in [0.25, 0.3) is 0 Å². The fourth-order valence-corrected chi connectivity index (χ4v) is 5.62. The first-order valence-electron chi connectivity index (χ1n) is 10.1. The van der Waals surface area contributed by atoms with Crippen molar-refractivity contribution in [3.8, 4) is 0 Å². The monoisotopic (exact) mass is 406 g/mol. The summed E-state index contributed by atoms with van der Waals surface area (Å²) in [6.45, 7) is 0. The van der Waals surface area contributed by atoms with Crippen molar-refractivity contribution in [2.24, 2.45) is 0 Å². The summed E-state index contributed by atoms with van der Waals surface area (Å²) in [6, 6.07) is 35.9. The third-order valence-electron chi connectivity index (χ3n) is 5.59. The molecule has 144 valence electrons. The molecule has 6 rings (SSSR count). The Morgan fingerprint density at radius 3 is 1.57 bits per heavy atom. The fraction of sp³-hybridized carbons (Fsp3) is 0.0370. The van der Waals surface area contributed by atoms with Gasteiger partial charge in [-0.1, -0.05) is 91.0 Å². The maximum absolute atomic E-state index is 6.54. The lowest BCUT2D eigenvalue weighted by atomic mass is 9.99. The van der Waals surface area contributed by atoms with E-state index in [1.807, 2.05) is 6.07 Å². The van der Waals surface area contributed by atoms with Crippen LogP contribution in [0.25, 0.3) is 43.5 Å². The summed E-state index contributed by atoms with van der Waals surface area (Å²) >= 11 is 0.